The molecule has 1 amide bonds. The molecule has 0 radical (unpaired) electrons. The van der Waals surface area contributed by atoms with E-state index < -0.39 is 11.6 Å². The molecule has 1 aromatic heterocycles. The van der Waals surface area contributed by atoms with Gasteiger partial charge in [0.25, 0.3) is 0 Å². The van der Waals surface area contributed by atoms with Gasteiger partial charge in [-0.2, -0.15) is 5.10 Å². The Hall–Kier alpha value is -3.29. The van der Waals surface area contributed by atoms with Gasteiger partial charge < -0.3 is 19.5 Å². The number of benzene rings is 1. The third-order valence-corrected chi connectivity index (χ3v) is 5.40. The maximum atomic E-state index is 12.2. The van der Waals surface area contributed by atoms with Crippen LogP contribution in [0, 0.1) is 6.92 Å². The van der Waals surface area contributed by atoms with E-state index in [0.717, 1.165) is 28.1 Å². The fraction of sp³-hybridized carbons (Fsp3) is 0.381. The average molecular weight is 397 g/mol. The smallest absolute Gasteiger partial charge is 0.410 e. The molecule has 0 aliphatic carbocycles. The number of carbonyl (C=O) groups is 2. The van der Waals surface area contributed by atoms with Crippen LogP contribution in [0.1, 0.15) is 24.0 Å². The number of fused-ring (bicyclic) bond motifs is 4. The minimum atomic E-state index is -0.955. The maximum absolute atomic E-state index is 12.2. The fourth-order valence-corrected chi connectivity index (χ4v) is 3.99. The van der Waals surface area contributed by atoms with Gasteiger partial charge in [0.1, 0.15) is 30.2 Å². The quantitative estimate of drug-likeness (QED) is 0.798. The molecule has 4 rings (SSSR count). The third kappa shape index (κ3) is 3.46. The molecular weight excluding hydrogens is 374 g/mol. The first-order valence-electron chi connectivity index (χ1n) is 9.54. The monoisotopic (exact) mass is 397 g/mol. The second-order valence-corrected chi connectivity index (χ2v) is 7.43. The van der Waals surface area contributed by atoms with Crippen molar-refractivity contribution in [2.75, 3.05) is 19.7 Å². The molecule has 1 saturated heterocycles. The lowest BCUT2D eigenvalue weighted by atomic mass is 9.81. The molecule has 1 fully saturated rings. The number of hydrogen-bond acceptors (Lipinski definition) is 5. The number of likely N-dealkylation sites (tertiary alicyclic amines) is 1. The van der Waals surface area contributed by atoms with E-state index in [1.54, 1.807) is 11.1 Å². The number of ether oxygens (including phenoxy) is 2. The number of amides is 1. The highest BCUT2D eigenvalue weighted by molar-refractivity contribution is 5.75. The van der Waals surface area contributed by atoms with E-state index in [0.29, 0.717) is 25.9 Å². The summed E-state index contributed by atoms with van der Waals surface area (Å²) in [4.78, 5) is 25.0. The Bertz CT molecular complexity index is 973. The van der Waals surface area contributed by atoms with Crippen LogP contribution in [-0.2, 0) is 21.7 Å². The molecule has 0 atom stereocenters. The van der Waals surface area contributed by atoms with Gasteiger partial charge in [0.2, 0.25) is 0 Å². The number of carboxylic acids is 1. The number of nitrogens with zero attached hydrogens (tertiary/aromatic N) is 3. The van der Waals surface area contributed by atoms with Gasteiger partial charge in [0, 0.05) is 43.3 Å². The number of hydrogen-bond donors (Lipinski definition) is 1. The number of carboxylic acid groups (broad SMARTS) is 1. The Labute approximate surface area is 168 Å². The number of aromatic nitrogens is 2. The number of rotatable bonds is 4. The summed E-state index contributed by atoms with van der Waals surface area (Å²) in [5.74, 6) is -0.218. The van der Waals surface area contributed by atoms with Gasteiger partial charge >= 0.3 is 12.1 Å². The minimum Gasteiger partial charge on any atom is -0.482 e. The van der Waals surface area contributed by atoms with Crippen molar-refractivity contribution in [2.45, 2.75) is 31.9 Å². The van der Waals surface area contributed by atoms with E-state index in [4.69, 9.17) is 9.47 Å². The molecule has 2 aliphatic heterocycles. The van der Waals surface area contributed by atoms with E-state index in [1.165, 1.54) is 10.8 Å². The normalized spacial score (nSPS) is 16.5. The first-order chi connectivity index (χ1) is 13.9. The van der Waals surface area contributed by atoms with Crippen LogP contribution < -0.4 is 4.74 Å². The molecule has 2 aromatic rings. The molecule has 1 spiro atoms. The Morgan fingerprint density at radius 2 is 2.14 bits per heavy atom. The molecule has 1 aromatic carbocycles. The van der Waals surface area contributed by atoms with Crippen LogP contribution in [0.25, 0.3) is 11.3 Å². The summed E-state index contributed by atoms with van der Waals surface area (Å²) in [6, 6.07) is 5.91. The standard InChI is InChI=1S/C21H23N3O5/c1-3-10-28-20(27)23-8-6-21(7-9-23)16-12-24(13-18(25)26)22-19(16)15-5-4-14(2)11-17(15)29-21/h3-5,11-12H,1,6-10,13H2,2H3,(H,25,26). The summed E-state index contributed by atoms with van der Waals surface area (Å²) in [5.41, 5.74) is 2.89. The van der Waals surface area contributed by atoms with Gasteiger partial charge in [-0.15, -0.1) is 0 Å². The van der Waals surface area contributed by atoms with Gasteiger partial charge in [0.15, 0.2) is 0 Å². The van der Waals surface area contributed by atoms with E-state index >= 15 is 0 Å². The molecule has 2 aliphatic rings. The maximum Gasteiger partial charge on any atom is 0.410 e. The first-order valence-corrected chi connectivity index (χ1v) is 9.54. The zero-order chi connectivity index (χ0) is 20.6. The Morgan fingerprint density at radius 1 is 1.38 bits per heavy atom. The van der Waals surface area contributed by atoms with Gasteiger partial charge in [-0.3, -0.25) is 9.48 Å². The lowest BCUT2D eigenvalue weighted by Crippen LogP contribution is -2.49. The number of carbonyl (C=O) groups excluding carboxylic acids is 1. The molecule has 29 heavy (non-hydrogen) atoms. The molecular formula is C21H23N3O5. The highest BCUT2D eigenvalue weighted by Crippen LogP contribution is 2.49. The molecule has 1 N–H and O–H groups in total. The first kappa shape index (κ1) is 19.0. The second kappa shape index (κ2) is 7.27. The lowest BCUT2D eigenvalue weighted by molar-refractivity contribution is -0.137. The fourth-order valence-electron chi connectivity index (χ4n) is 3.99. The second-order valence-electron chi connectivity index (χ2n) is 7.43. The highest BCUT2D eigenvalue weighted by Gasteiger charge is 2.46. The summed E-state index contributed by atoms with van der Waals surface area (Å²) in [7, 11) is 0. The molecule has 0 unspecified atom stereocenters. The van der Waals surface area contributed by atoms with Gasteiger partial charge in [-0.25, -0.2) is 4.79 Å². The predicted molar refractivity (Wildman–Crippen MR) is 105 cm³/mol. The van der Waals surface area contributed by atoms with Crippen molar-refractivity contribution < 1.29 is 24.2 Å². The van der Waals surface area contributed by atoms with E-state index in [2.05, 4.69) is 11.7 Å². The summed E-state index contributed by atoms with van der Waals surface area (Å²) in [5, 5.41) is 13.7. The Balaban J connectivity index is 1.67. The van der Waals surface area contributed by atoms with Crippen LogP contribution in [0.3, 0.4) is 0 Å². The molecule has 3 heterocycles. The van der Waals surface area contributed by atoms with Crippen molar-refractivity contribution in [3.8, 4) is 17.0 Å². The summed E-state index contributed by atoms with van der Waals surface area (Å²) >= 11 is 0. The van der Waals surface area contributed by atoms with E-state index in [1.807, 2.05) is 25.1 Å². The predicted octanol–water partition coefficient (Wildman–Crippen LogP) is 2.95. The molecule has 0 bridgehead atoms. The van der Waals surface area contributed by atoms with Crippen molar-refractivity contribution in [1.82, 2.24) is 14.7 Å². The minimum absolute atomic E-state index is 0.176. The highest BCUT2D eigenvalue weighted by atomic mass is 16.6. The molecule has 8 nitrogen and oxygen atoms in total. The van der Waals surface area contributed by atoms with Crippen molar-refractivity contribution in [1.29, 1.82) is 0 Å². The topological polar surface area (TPSA) is 93.9 Å². The number of aryl methyl sites for hydroxylation is 1. The largest absolute Gasteiger partial charge is 0.482 e. The van der Waals surface area contributed by atoms with Gasteiger partial charge in [-0.05, 0) is 24.6 Å². The van der Waals surface area contributed by atoms with Crippen molar-refractivity contribution in [3.63, 3.8) is 0 Å². The number of piperidine rings is 1. The van der Waals surface area contributed by atoms with E-state index in [9.17, 15) is 14.7 Å². The van der Waals surface area contributed by atoms with Gasteiger partial charge in [-0.1, -0.05) is 18.7 Å². The lowest BCUT2D eigenvalue weighted by Gasteiger charge is -2.43. The van der Waals surface area contributed by atoms with Crippen LogP contribution >= 0.6 is 0 Å². The zero-order valence-corrected chi connectivity index (χ0v) is 16.3. The van der Waals surface area contributed by atoms with Gasteiger partial charge in [0.05, 0.1) is 0 Å². The Morgan fingerprint density at radius 3 is 2.83 bits per heavy atom. The third-order valence-electron chi connectivity index (χ3n) is 5.40. The zero-order valence-electron chi connectivity index (χ0n) is 16.3. The molecule has 0 saturated carbocycles. The molecule has 152 valence electrons. The summed E-state index contributed by atoms with van der Waals surface area (Å²) in [6.45, 7) is 6.45. The van der Waals surface area contributed by atoms with E-state index in [-0.39, 0.29) is 19.2 Å². The van der Waals surface area contributed by atoms with Crippen LogP contribution in [0.2, 0.25) is 0 Å². The van der Waals surface area contributed by atoms with Crippen LogP contribution in [0.4, 0.5) is 4.79 Å². The summed E-state index contributed by atoms with van der Waals surface area (Å²) in [6.07, 6.45) is 4.06. The van der Waals surface area contributed by atoms with Crippen molar-refractivity contribution >= 4 is 12.1 Å². The van der Waals surface area contributed by atoms with Crippen LogP contribution in [-0.4, -0.2) is 51.5 Å². The SMILES string of the molecule is C=CCOC(=O)N1CCC2(CC1)Oc1cc(C)ccc1-c1nn(CC(=O)O)cc12. The number of aliphatic carboxylic acids is 1. The van der Waals surface area contributed by atoms with Crippen molar-refractivity contribution in [2.24, 2.45) is 0 Å². The van der Waals surface area contributed by atoms with Crippen molar-refractivity contribution in [3.05, 3.63) is 48.2 Å². The Kier molecular flexibility index (Phi) is 4.77. The average Bonchev–Trinajstić information content (AvgIpc) is 3.10. The molecule has 8 heteroatoms. The van der Waals surface area contributed by atoms with Crippen LogP contribution in [0.15, 0.2) is 37.1 Å². The summed E-state index contributed by atoms with van der Waals surface area (Å²) < 4.78 is 13.1. The van der Waals surface area contributed by atoms with Crippen LogP contribution in [0.5, 0.6) is 5.75 Å².